The summed E-state index contributed by atoms with van der Waals surface area (Å²) in [5.41, 5.74) is -0.602. The van der Waals surface area contributed by atoms with Gasteiger partial charge in [-0.3, -0.25) is 0 Å². The summed E-state index contributed by atoms with van der Waals surface area (Å²) in [5, 5.41) is 3.92. The zero-order chi connectivity index (χ0) is 13.1. The maximum Gasteiger partial charge on any atom is 0.411 e. The van der Waals surface area contributed by atoms with Crippen molar-refractivity contribution < 1.29 is 14.1 Å². The number of aryl methyl sites for hydroxylation is 1. The first-order valence-electron chi connectivity index (χ1n) is 5.96. The molecule has 1 atom stereocenters. The van der Waals surface area contributed by atoms with Gasteiger partial charge in [0, 0.05) is 25.9 Å². The topological polar surface area (TPSA) is 68.5 Å². The number of aromatic nitrogens is 2. The van der Waals surface area contributed by atoms with E-state index in [2.05, 4.69) is 10.1 Å². The molecule has 7 heteroatoms. The molecule has 1 fully saturated rings. The monoisotopic (exact) mass is 273 g/mol. The Morgan fingerprint density at radius 2 is 2.22 bits per heavy atom. The molecule has 2 heterocycles. The van der Waals surface area contributed by atoms with Gasteiger partial charge in [0.25, 0.3) is 0 Å². The molecule has 1 unspecified atom stereocenters. The van der Waals surface area contributed by atoms with Gasteiger partial charge in [0.1, 0.15) is 0 Å². The molecule has 0 bridgehead atoms. The Bertz CT molecular complexity index is 413. The largest absolute Gasteiger partial charge is 0.430 e. The van der Waals surface area contributed by atoms with Crippen molar-refractivity contribution >= 4 is 17.7 Å². The van der Waals surface area contributed by atoms with Crippen LogP contribution in [0.25, 0.3) is 0 Å². The molecule has 100 valence electrons. The van der Waals surface area contributed by atoms with Crippen LogP contribution in [0.3, 0.4) is 0 Å². The molecule has 0 aromatic carbocycles. The van der Waals surface area contributed by atoms with E-state index in [1.807, 2.05) is 0 Å². The van der Waals surface area contributed by atoms with Crippen LogP contribution in [0.2, 0.25) is 0 Å². The summed E-state index contributed by atoms with van der Waals surface area (Å²) in [6.45, 7) is 4.64. The molecular weight excluding hydrogens is 258 g/mol. The minimum Gasteiger partial charge on any atom is -0.430 e. The molecule has 1 aromatic heterocycles. The first-order chi connectivity index (χ1) is 8.56. The van der Waals surface area contributed by atoms with Gasteiger partial charge in [-0.15, -0.1) is 0 Å². The highest BCUT2D eigenvalue weighted by atomic mass is 35.5. The molecule has 0 N–H and O–H groups in total. The van der Waals surface area contributed by atoms with E-state index in [-0.39, 0.29) is 12.0 Å². The molecule has 0 aliphatic carbocycles. The highest BCUT2D eigenvalue weighted by Gasteiger charge is 2.27. The van der Waals surface area contributed by atoms with Crippen molar-refractivity contribution in [1.82, 2.24) is 15.0 Å². The molecule has 1 aliphatic rings. The molecule has 2 rings (SSSR count). The summed E-state index contributed by atoms with van der Waals surface area (Å²) in [6, 6.07) is 0. The summed E-state index contributed by atoms with van der Waals surface area (Å²) in [4.78, 5) is 17.5. The van der Waals surface area contributed by atoms with Crippen LogP contribution in [0.5, 0.6) is 0 Å². The van der Waals surface area contributed by atoms with Crippen LogP contribution in [0.15, 0.2) is 4.52 Å². The molecule has 0 spiro atoms. The van der Waals surface area contributed by atoms with Crippen LogP contribution in [-0.2, 0) is 4.74 Å². The number of nitrogens with zero attached hydrogens (tertiary/aromatic N) is 3. The van der Waals surface area contributed by atoms with Crippen molar-refractivity contribution in [3.63, 3.8) is 0 Å². The first kappa shape index (κ1) is 13.1. The zero-order valence-corrected chi connectivity index (χ0v) is 11.2. The number of halogens is 1. The fourth-order valence-electron chi connectivity index (χ4n) is 2.01. The number of carbonyl (C=O) groups excluding carboxylic acids is 1. The number of likely N-dealkylation sites (tertiary alicyclic amines) is 1. The normalized spacial score (nSPS) is 18.7. The third-order valence-electron chi connectivity index (χ3n) is 2.92. The van der Waals surface area contributed by atoms with Gasteiger partial charge in [-0.25, -0.2) is 4.79 Å². The highest BCUT2D eigenvalue weighted by molar-refractivity contribution is 6.19. The minimum absolute atomic E-state index is 0.250. The van der Waals surface area contributed by atoms with E-state index in [1.165, 1.54) is 0 Å². The van der Waals surface area contributed by atoms with E-state index in [4.69, 9.17) is 20.9 Å². The molecule has 0 radical (unpaired) electrons. The second-order valence-corrected chi connectivity index (χ2v) is 4.97. The van der Waals surface area contributed by atoms with Gasteiger partial charge in [-0.2, -0.15) is 4.98 Å². The summed E-state index contributed by atoms with van der Waals surface area (Å²) < 4.78 is 9.90. The Morgan fingerprint density at radius 3 is 2.72 bits per heavy atom. The quantitative estimate of drug-likeness (QED) is 0.773. The molecule has 1 aromatic rings. The highest BCUT2D eigenvalue weighted by Crippen LogP contribution is 2.26. The van der Waals surface area contributed by atoms with Gasteiger partial charge in [0.15, 0.2) is 11.4 Å². The Morgan fingerprint density at radius 1 is 1.56 bits per heavy atom. The van der Waals surface area contributed by atoms with E-state index in [0.717, 1.165) is 18.7 Å². The average molecular weight is 274 g/mol. The Hall–Kier alpha value is -1.30. The number of carbonyl (C=O) groups is 1. The molecule has 1 amide bonds. The third-order valence-corrected chi connectivity index (χ3v) is 3.01. The van der Waals surface area contributed by atoms with E-state index >= 15 is 0 Å². The second kappa shape index (κ2) is 5.56. The lowest BCUT2D eigenvalue weighted by atomic mass is 9.96. The van der Waals surface area contributed by atoms with Crippen LogP contribution in [0.4, 0.5) is 4.79 Å². The van der Waals surface area contributed by atoms with Crippen LogP contribution in [0.1, 0.15) is 37.4 Å². The number of piperidine rings is 1. The lowest BCUT2D eigenvalue weighted by Gasteiger charge is -2.30. The lowest BCUT2D eigenvalue weighted by molar-refractivity contribution is 0.0861. The van der Waals surface area contributed by atoms with Crippen LogP contribution in [0, 0.1) is 6.92 Å². The van der Waals surface area contributed by atoms with Crippen molar-refractivity contribution in [2.45, 2.75) is 38.2 Å². The summed E-state index contributed by atoms with van der Waals surface area (Å²) in [7, 11) is 0. The van der Waals surface area contributed by atoms with Gasteiger partial charge >= 0.3 is 6.09 Å². The number of alkyl halides is 1. The van der Waals surface area contributed by atoms with Gasteiger partial charge in [0.2, 0.25) is 5.89 Å². The van der Waals surface area contributed by atoms with Crippen molar-refractivity contribution in [2.24, 2.45) is 0 Å². The van der Waals surface area contributed by atoms with E-state index in [1.54, 1.807) is 18.7 Å². The van der Waals surface area contributed by atoms with Gasteiger partial charge < -0.3 is 14.2 Å². The SMILES string of the molecule is Cc1nc(C2CCN(C(=O)OC(C)Cl)CC2)no1. The van der Waals surface area contributed by atoms with E-state index in [9.17, 15) is 4.79 Å². The number of ether oxygens (including phenoxy) is 1. The Kier molecular flexibility index (Phi) is 4.06. The van der Waals surface area contributed by atoms with Crippen LogP contribution in [-0.4, -0.2) is 39.8 Å². The Balaban J connectivity index is 1.86. The van der Waals surface area contributed by atoms with Crippen LogP contribution < -0.4 is 0 Å². The van der Waals surface area contributed by atoms with Crippen molar-refractivity contribution in [1.29, 1.82) is 0 Å². The van der Waals surface area contributed by atoms with E-state index in [0.29, 0.717) is 19.0 Å². The lowest BCUT2D eigenvalue weighted by Crippen LogP contribution is -2.39. The zero-order valence-electron chi connectivity index (χ0n) is 10.4. The molecule has 0 saturated carbocycles. The summed E-state index contributed by atoms with van der Waals surface area (Å²) >= 11 is 5.62. The number of rotatable bonds is 2. The second-order valence-electron chi connectivity index (χ2n) is 4.36. The van der Waals surface area contributed by atoms with Gasteiger partial charge in [-0.1, -0.05) is 16.8 Å². The number of hydrogen-bond donors (Lipinski definition) is 0. The summed E-state index contributed by atoms with van der Waals surface area (Å²) in [5.74, 6) is 1.55. The van der Waals surface area contributed by atoms with Crippen molar-refractivity contribution in [3.8, 4) is 0 Å². The molecule has 18 heavy (non-hydrogen) atoms. The third kappa shape index (κ3) is 3.13. The fraction of sp³-hybridized carbons (Fsp3) is 0.727. The van der Waals surface area contributed by atoms with Gasteiger partial charge in [0.05, 0.1) is 0 Å². The predicted octanol–water partition coefficient (Wildman–Crippen LogP) is 2.28. The molecular formula is C11H16ClN3O3. The maximum atomic E-state index is 11.6. The van der Waals surface area contributed by atoms with Gasteiger partial charge in [-0.05, 0) is 19.8 Å². The first-order valence-corrected chi connectivity index (χ1v) is 6.39. The fourth-order valence-corrected chi connectivity index (χ4v) is 2.09. The average Bonchev–Trinajstić information content (AvgIpc) is 2.75. The molecule has 1 saturated heterocycles. The summed E-state index contributed by atoms with van der Waals surface area (Å²) in [6.07, 6.45) is 1.26. The predicted molar refractivity (Wildman–Crippen MR) is 64.4 cm³/mol. The smallest absolute Gasteiger partial charge is 0.411 e. The minimum atomic E-state index is -0.602. The number of amides is 1. The molecule has 6 nitrogen and oxygen atoms in total. The molecule has 1 aliphatic heterocycles. The number of hydrogen-bond acceptors (Lipinski definition) is 5. The van der Waals surface area contributed by atoms with Crippen molar-refractivity contribution in [3.05, 3.63) is 11.7 Å². The van der Waals surface area contributed by atoms with Crippen molar-refractivity contribution in [2.75, 3.05) is 13.1 Å². The van der Waals surface area contributed by atoms with Crippen LogP contribution >= 0.6 is 11.6 Å². The Labute approximate surface area is 110 Å². The van der Waals surface area contributed by atoms with E-state index < -0.39 is 5.56 Å². The standard InChI is InChI=1S/C11H16ClN3O3/c1-7(12)17-11(16)15-5-3-9(4-6-15)10-13-8(2)18-14-10/h7,9H,3-6H2,1-2H3. The maximum absolute atomic E-state index is 11.6.